The summed E-state index contributed by atoms with van der Waals surface area (Å²) in [4.78, 5) is 2.06. The zero-order valence-corrected chi connectivity index (χ0v) is 8.67. The Morgan fingerprint density at radius 2 is 1.69 bits per heavy atom. The molecule has 0 aliphatic carbocycles. The largest absolute Gasteiger partial charge is 0.416 e. The van der Waals surface area contributed by atoms with Crippen molar-refractivity contribution in [1.82, 2.24) is 0 Å². The van der Waals surface area contributed by atoms with Gasteiger partial charge in [-0.1, -0.05) is 12.2 Å². The number of hydrogen-bond acceptors (Lipinski definition) is 1. The summed E-state index contributed by atoms with van der Waals surface area (Å²) in [5.74, 6) is 0. The van der Waals surface area contributed by atoms with Crippen molar-refractivity contribution in [1.29, 1.82) is 0 Å². The van der Waals surface area contributed by atoms with Crippen molar-refractivity contribution in [2.45, 2.75) is 12.6 Å². The first-order valence-electron chi connectivity index (χ1n) is 5.14. The van der Waals surface area contributed by atoms with Crippen LogP contribution in [-0.2, 0) is 6.18 Å². The van der Waals surface area contributed by atoms with Crippen LogP contribution in [0.1, 0.15) is 12.0 Å². The molecule has 1 aromatic carbocycles. The van der Waals surface area contributed by atoms with E-state index in [0.29, 0.717) is 0 Å². The molecule has 0 N–H and O–H groups in total. The lowest BCUT2D eigenvalue weighted by Crippen LogP contribution is -2.26. The maximum absolute atomic E-state index is 12.3. The van der Waals surface area contributed by atoms with Crippen molar-refractivity contribution in [2.75, 3.05) is 18.0 Å². The predicted octanol–water partition coefficient (Wildman–Crippen LogP) is 3.47. The molecule has 0 radical (unpaired) electrons. The molecule has 1 aliphatic rings. The number of anilines is 1. The van der Waals surface area contributed by atoms with Gasteiger partial charge in [0.2, 0.25) is 0 Å². The van der Waals surface area contributed by atoms with Crippen LogP contribution in [0.15, 0.2) is 36.4 Å². The molecule has 1 aliphatic heterocycles. The average molecular weight is 227 g/mol. The fourth-order valence-electron chi connectivity index (χ4n) is 1.74. The third kappa shape index (κ3) is 2.38. The second-order valence-corrected chi connectivity index (χ2v) is 3.75. The van der Waals surface area contributed by atoms with E-state index >= 15 is 0 Å². The first kappa shape index (κ1) is 11.0. The number of nitrogens with zero attached hydrogens (tertiary/aromatic N) is 1. The minimum atomic E-state index is -4.25. The number of benzene rings is 1. The van der Waals surface area contributed by atoms with Crippen LogP contribution < -0.4 is 4.90 Å². The number of alkyl halides is 3. The Balaban J connectivity index is 2.16. The summed E-state index contributed by atoms with van der Waals surface area (Å²) in [6, 6.07) is 5.32. The van der Waals surface area contributed by atoms with Gasteiger partial charge < -0.3 is 4.90 Å². The molecule has 0 aromatic heterocycles. The molecule has 0 bridgehead atoms. The second kappa shape index (κ2) is 4.20. The molecule has 2 rings (SSSR count). The van der Waals surface area contributed by atoms with Crippen LogP contribution in [0.2, 0.25) is 0 Å². The highest BCUT2D eigenvalue weighted by atomic mass is 19.4. The van der Waals surface area contributed by atoms with Gasteiger partial charge >= 0.3 is 6.18 Å². The van der Waals surface area contributed by atoms with E-state index in [2.05, 4.69) is 11.0 Å². The van der Waals surface area contributed by atoms with Crippen LogP contribution >= 0.6 is 0 Å². The Bertz CT molecular complexity index is 378. The number of rotatable bonds is 1. The summed E-state index contributed by atoms with van der Waals surface area (Å²) >= 11 is 0. The molecule has 0 spiro atoms. The minimum absolute atomic E-state index is 0.594. The van der Waals surface area contributed by atoms with Crippen molar-refractivity contribution in [3.05, 3.63) is 42.0 Å². The molecule has 0 saturated heterocycles. The fraction of sp³-hybridized carbons (Fsp3) is 0.333. The van der Waals surface area contributed by atoms with Gasteiger partial charge in [0.05, 0.1) is 5.56 Å². The average Bonchev–Trinajstić information content (AvgIpc) is 2.29. The second-order valence-electron chi connectivity index (χ2n) is 3.75. The van der Waals surface area contributed by atoms with Gasteiger partial charge in [-0.05, 0) is 30.7 Å². The first-order chi connectivity index (χ1) is 7.57. The molecular weight excluding hydrogens is 215 g/mol. The van der Waals surface area contributed by atoms with Crippen molar-refractivity contribution >= 4 is 5.69 Å². The molecule has 0 saturated carbocycles. The maximum Gasteiger partial charge on any atom is 0.416 e. The lowest BCUT2D eigenvalue weighted by atomic mass is 10.1. The Labute approximate surface area is 92.2 Å². The van der Waals surface area contributed by atoms with Crippen LogP contribution in [0.5, 0.6) is 0 Å². The van der Waals surface area contributed by atoms with Gasteiger partial charge in [-0.2, -0.15) is 13.2 Å². The fourth-order valence-corrected chi connectivity index (χ4v) is 1.74. The summed E-state index contributed by atoms with van der Waals surface area (Å²) in [7, 11) is 0. The van der Waals surface area contributed by atoms with E-state index in [1.807, 2.05) is 6.08 Å². The molecule has 0 fully saturated rings. The smallest absolute Gasteiger partial charge is 0.368 e. The van der Waals surface area contributed by atoms with Crippen LogP contribution in [0.25, 0.3) is 0 Å². The normalized spacial score (nSPS) is 16.6. The van der Waals surface area contributed by atoms with Gasteiger partial charge in [-0.15, -0.1) is 0 Å². The van der Waals surface area contributed by atoms with E-state index in [-0.39, 0.29) is 0 Å². The Hall–Kier alpha value is -1.45. The summed E-state index contributed by atoms with van der Waals surface area (Å²) in [6.07, 6.45) is 0.809. The Morgan fingerprint density at radius 1 is 1.00 bits per heavy atom. The highest BCUT2D eigenvalue weighted by molar-refractivity contribution is 5.49. The first-order valence-corrected chi connectivity index (χ1v) is 5.14. The zero-order chi connectivity index (χ0) is 11.6. The molecule has 86 valence electrons. The summed E-state index contributed by atoms with van der Waals surface area (Å²) in [5.41, 5.74) is 0.251. The van der Waals surface area contributed by atoms with E-state index < -0.39 is 11.7 Å². The molecule has 16 heavy (non-hydrogen) atoms. The highest BCUT2D eigenvalue weighted by Crippen LogP contribution is 2.30. The predicted molar refractivity (Wildman–Crippen MR) is 57.4 cm³/mol. The van der Waals surface area contributed by atoms with Gasteiger partial charge in [0.15, 0.2) is 0 Å². The highest BCUT2D eigenvalue weighted by Gasteiger charge is 2.30. The van der Waals surface area contributed by atoms with E-state index in [1.54, 1.807) is 0 Å². The van der Waals surface area contributed by atoms with Crippen LogP contribution in [0.4, 0.5) is 18.9 Å². The molecule has 0 amide bonds. The lowest BCUT2D eigenvalue weighted by Gasteiger charge is -2.25. The van der Waals surface area contributed by atoms with E-state index in [9.17, 15) is 13.2 Å². The Kier molecular flexibility index (Phi) is 2.90. The number of halogens is 3. The monoisotopic (exact) mass is 227 g/mol. The van der Waals surface area contributed by atoms with Crippen molar-refractivity contribution in [3.8, 4) is 0 Å². The van der Waals surface area contributed by atoms with E-state index in [4.69, 9.17) is 0 Å². The lowest BCUT2D eigenvalue weighted by molar-refractivity contribution is -0.137. The van der Waals surface area contributed by atoms with Gasteiger partial charge in [0.1, 0.15) is 0 Å². The third-order valence-corrected chi connectivity index (χ3v) is 2.62. The van der Waals surface area contributed by atoms with Crippen molar-refractivity contribution < 1.29 is 13.2 Å². The third-order valence-electron chi connectivity index (χ3n) is 2.62. The van der Waals surface area contributed by atoms with Crippen LogP contribution in [-0.4, -0.2) is 13.1 Å². The minimum Gasteiger partial charge on any atom is -0.368 e. The molecule has 1 heterocycles. The summed E-state index contributed by atoms with van der Waals surface area (Å²) in [5, 5.41) is 0. The van der Waals surface area contributed by atoms with Crippen LogP contribution in [0, 0.1) is 0 Å². The van der Waals surface area contributed by atoms with E-state index in [0.717, 1.165) is 37.3 Å². The molecule has 1 nitrogen and oxygen atoms in total. The molecule has 1 aromatic rings. The van der Waals surface area contributed by atoms with Crippen molar-refractivity contribution in [2.24, 2.45) is 0 Å². The topological polar surface area (TPSA) is 3.24 Å². The molecule has 0 unspecified atom stereocenters. The quantitative estimate of drug-likeness (QED) is 0.664. The zero-order valence-electron chi connectivity index (χ0n) is 8.67. The van der Waals surface area contributed by atoms with Gasteiger partial charge in [0, 0.05) is 18.8 Å². The van der Waals surface area contributed by atoms with Gasteiger partial charge in [-0.3, -0.25) is 0 Å². The molecule has 0 atom stereocenters. The Morgan fingerprint density at radius 3 is 2.19 bits per heavy atom. The number of hydrogen-bond donors (Lipinski definition) is 0. The standard InChI is InChI=1S/C12H12F3N/c13-12(14,15)10-4-6-11(7-5-10)16-8-2-1-3-9-16/h1-2,4-7H,3,8-9H2. The van der Waals surface area contributed by atoms with E-state index in [1.165, 1.54) is 12.1 Å². The molecular formula is C12H12F3N. The van der Waals surface area contributed by atoms with Gasteiger partial charge in [-0.25, -0.2) is 0 Å². The van der Waals surface area contributed by atoms with Crippen LogP contribution in [0.3, 0.4) is 0 Å². The van der Waals surface area contributed by atoms with Crippen molar-refractivity contribution in [3.63, 3.8) is 0 Å². The summed E-state index contributed by atoms with van der Waals surface area (Å²) in [6.45, 7) is 1.63. The van der Waals surface area contributed by atoms with Gasteiger partial charge in [0.25, 0.3) is 0 Å². The summed E-state index contributed by atoms with van der Waals surface area (Å²) < 4.78 is 37.0. The SMILES string of the molecule is FC(F)(F)c1ccc(N2CC=CCC2)cc1. The maximum atomic E-state index is 12.3. The molecule has 4 heteroatoms.